The Balaban J connectivity index is 1.75. The quantitative estimate of drug-likeness (QED) is 0.749. The summed E-state index contributed by atoms with van der Waals surface area (Å²) in [6.45, 7) is 0.188. The minimum absolute atomic E-state index is 0.188. The number of rotatable bonds is 2. The second-order valence-electron chi connectivity index (χ2n) is 5.31. The van der Waals surface area contributed by atoms with Crippen molar-refractivity contribution in [3.05, 3.63) is 53.6 Å². The number of hydrogen-bond acceptors (Lipinski definition) is 3. The van der Waals surface area contributed by atoms with Gasteiger partial charge in [0, 0.05) is 6.07 Å². The Bertz CT molecular complexity index is 755. The van der Waals surface area contributed by atoms with Gasteiger partial charge in [-0.15, -0.1) is 13.2 Å². The van der Waals surface area contributed by atoms with Crippen LogP contribution in [-0.4, -0.2) is 12.9 Å². The molecule has 0 radical (unpaired) electrons. The maximum absolute atomic E-state index is 12.6. The first kappa shape index (κ1) is 17.2. The fourth-order valence-corrected chi connectivity index (χ4v) is 2.42. The van der Waals surface area contributed by atoms with Gasteiger partial charge in [0.15, 0.2) is 0 Å². The van der Waals surface area contributed by atoms with E-state index in [0.29, 0.717) is 11.3 Å². The van der Waals surface area contributed by atoms with Crippen LogP contribution in [0.5, 0.6) is 11.5 Å². The first-order chi connectivity index (χ1) is 11.6. The van der Waals surface area contributed by atoms with Gasteiger partial charge in [0.2, 0.25) is 0 Å². The first-order valence-electron chi connectivity index (χ1n) is 7.09. The van der Waals surface area contributed by atoms with E-state index in [1.165, 1.54) is 18.2 Å². The highest BCUT2D eigenvalue weighted by Gasteiger charge is 2.32. The van der Waals surface area contributed by atoms with Gasteiger partial charge in [-0.25, -0.2) is 0 Å². The molecule has 0 amide bonds. The monoisotopic (exact) mass is 363 g/mol. The molecule has 0 aromatic heterocycles. The average molecular weight is 363 g/mol. The molecule has 0 saturated heterocycles. The molecule has 3 nitrogen and oxygen atoms in total. The summed E-state index contributed by atoms with van der Waals surface area (Å²) in [6, 6.07) is 8.07. The lowest BCUT2D eigenvalue weighted by Crippen LogP contribution is -2.24. The molecule has 0 aliphatic carbocycles. The molecule has 2 aromatic carbocycles. The molecular weight excluding hydrogens is 352 g/mol. The molecule has 1 aliphatic heterocycles. The number of benzene rings is 2. The van der Waals surface area contributed by atoms with Gasteiger partial charge in [-0.05, 0) is 29.8 Å². The van der Waals surface area contributed by atoms with Crippen LogP contribution in [0.4, 0.5) is 32.0 Å². The number of fused-ring (bicyclic) bond motifs is 1. The van der Waals surface area contributed by atoms with Crippen LogP contribution in [0.1, 0.15) is 17.2 Å². The van der Waals surface area contributed by atoms with Gasteiger partial charge in [0.05, 0.1) is 17.8 Å². The van der Waals surface area contributed by atoms with Crippen molar-refractivity contribution in [2.45, 2.75) is 18.6 Å². The zero-order valence-corrected chi connectivity index (χ0v) is 12.4. The Labute approximate surface area is 138 Å². The molecular formula is C16H11F6NO2. The van der Waals surface area contributed by atoms with Crippen molar-refractivity contribution in [1.29, 1.82) is 0 Å². The van der Waals surface area contributed by atoms with E-state index in [1.54, 1.807) is 0 Å². The molecule has 134 valence electrons. The van der Waals surface area contributed by atoms with Crippen LogP contribution in [0.2, 0.25) is 0 Å². The second kappa shape index (κ2) is 6.05. The lowest BCUT2D eigenvalue weighted by atomic mass is 10.0. The van der Waals surface area contributed by atoms with Gasteiger partial charge in [0.25, 0.3) is 0 Å². The highest BCUT2D eigenvalue weighted by atomic mass is 19.4. The first-order valence-corrected chi connectivity index (χ1v) is 7.09. The molecule has 25 heavy (non-hydrogen) atoms. The standard InChI is InChI=1S/C16H11F6NO2/c17-15(18,19)10-3-1-9(2-4-10)14-8-23-12-7-11(25-16(20,21)22)5-6-13(12)24-14/h1-7,14,23H,8H2. The molecule has 1 N–H and O–H groups in total. The summed E-state index contributed by atoms with van der Waals surface area (Å²) in [5.74, 6) is -0.110. The largest absolute Gasteiger partial charge is 0.573 e. The van der Waals surface area contributed by atoms with Crippen LogP contribution in [0.25, 0.3) is 0 Å². The third kappa shape index (κ3) is 4.09. The predicted octanol–water partition coefficient (Wildman–Crippen LogP) is 5.15. The van der Waals surface area contributed by atoms with E-state index in [-0.39, 0.29) is 12.3 Å². The Kier molecular flexibility index (Phi) is 4.18. The van der Waals surface area contributed by atoms with Gasteiger partial charge in [0.1, 0.15) is 17.6 Å². The number of alkyl halides is 6. The van der Waals surface area contributed by atoms with Crippen molar-refractivity contribution >= 4 is 5.69 Å². The lowest BCUT2D eigenvalue weighted by Gasteiger charge is -2.28. The summed E-state index contributed by atoms with van der Waals surface area (Å²) < 4.78 is 83.9. The third-order valence-corrected chi connectivity index (χ3v) is 3.54. The highest BCUT2D eigenvalue weighted by molar-refractivity contribution is 5.61. The summed E-state index contributed by atoms with van der Waals surface area (Å²) >= 11 is 0. The summed E-state index contributed by atoms with van der Waals surface area (Å²) in [5, 5.41) is 2.89. The zero-order valence-electron chi connectivity index (χ0n) is 12.4. The summed E-state index contributed by atoms with van der Waals surface area (Å²) in [6.07, 6.45) is -9.79. The zero-order chi connectivity index (χ0) is 18.2. The topological polar surface area (TPSA) is 30.5 Å². The maximum Gasteiger partial charge on any atom is 0.573 e. The Morgan fingerprint density at radius 3 is 2.24 bits per heavy atom. The van der Waals surface area contributed by atoms with Crippen LogP contribution in [0.3, 0.4) is 0 Å². The Morgan fingerprint density at radius 1 is 0.960 bits per heavy atom. The molecule has 9 heteroatoms. The SMILES string of the molecule is FC(F)(F)Oc1ccc2c(c1)NCC(c1ccc(C(F)(F)F)cc1)O2. The molecule has 1 aliphatic rings. The van der Waals surface area contributed by atoms with Crippen LogP contribution >= 0.6 is 0 Å². The van der Waals surface area contributed by atoms with Gasteiger partial charge in [-0.2, -0.15) is 13.2 Å². The lowest BCUT2D eigenvalue weighted by molar-refractivity contribution is -0.274. The number of halogens is 6. The van der Waals surface area contributed by atoms with E-state index in [9.17, 15) is 26.3 Å². The average Bonchev–Trinajstić information content (AvgIpc) is 2.52. The van der Waals surface area contributed by atoms with Crippen LogP contribution < -0.4 is 14.8 Å². The number of anilines is 1. The van der Waals surface area contributed by atoms with E-state index in [1.807, 2.05) is 0 Å². The van der Waals surface area contributed by atoms with E-state index < -0.39 is 30.0 Å². The van der Waals surface area contributed by atoms with Gasteiger partial charge in [-0.3, -0.25) is 0 Å². The van der Waals surface area contributed by atoms with Gasteiger partial charge < -0.3 is 14.8 Å². The smallest absolute Gasteiger partial charge is 0.482 e. The summed E-state index contributed by atoms with van der Waals surface area (Å²) in [7, 11) is 0. The van der Waals surface area contributed by atoms with Gasteiger partial charge in [-0.1, -0.05) is 12.1 Å². The van der Waals surface area contributed by atoms with Crippen LogP contribution in [0.15, 0.2) is 42.5 Å². The minimum atomic E-state index is -4.80. The van der Waals surface area contributed by atoms with Crippen molar-refractivity contribution < 1.29 is 35.8 Å². The normalized spacial score (nSPS) is 17.3. The van der Waals surface area contributed by atoms with Crippen molar-refractivity contribution in [3.8, 4) is 11.5 Å². The maximum atomic E-state index is 12.6. The van der Waals surface area contributed by atoms with E-state index in [2.05, 4.69) is 10.1 Å². The van der Waals surface area contributed by atoms with E-state index >= 15 is 0 Å². The molecule has 1 unspecified atom stereocenters. The second-order valence-corrected chi connectivity index (χ2v) is 5.31. The fourth-order valence-electron chi connectivity index (χ4n) is 2.42. The van der Waals surface area contributed by atoms with E-state index in [0.717, 1.165) is 24.3 Å². The third-order valence-electron chi connectivity index (χ3n) is 3.54. The van der Waals surface area contributed by atoms with Crippen LogP contribution in [0, 0.1) is 0 Å². The van der Waals surface area contributed by atoms with Crippen molar-refractivity contribution in [1.82, 2.24) is 0 Å². The molecule has 0 saturated carbocycles. The molecule has 2 aromatic rings. The fraction of sp³-hybridized carbons (Fsp3) is 0.250. The molecule has 0 bridgehead atoms. The van der Waals surface area contributed by atoms with Crippen molar-refractivity contribution in [3.63, 3.8) is 0 Å². The van der Waals surface area contributed by atoms with Crippen LogP contribution in [-0.2, 0) is 6.18 Å². The van der Waals surface area contributed by atoms with Gasteiger partial charge >= 0.3 is 12.5 Å². The van der Waals surface area contributed by atoms with Crippen molar-refractivity contribution in [2.24, 2.45) is 0 Å². The number of hydrogen-bond donors (Lipinski definition) is 1. The number of ether oxygens (including phenoxy) is 2. The molecule has 1 atom stereocenters. The van der Waals surface area contributed by atoms with E-state index in [4.69, 9.17) is 4.74 Å². The minimum Gasteiger partial charge on any atom is -0.482 e. The number of nitrogens with one attached hydrogen (secondary N) is 1. The molecule has 3 rings (SSSR count). The summed E-state index contributed by atoms with van der Waals surface area (Å²) in [5.41, 5.74) is 0.0565. The van der Waals surface area contributed by atoms with Crippen molar-refractivity contribution in [2.75, 3.05) is 11.9 Å². The Hall–Kier alpha value is -2.58. The molecule has 1 heterocycles. The molecule has 0 fully saturated rings. The highest BCUT2D eigenvalue weighted by Crippen LogP contribution is 2.38. The predicted molar refractivity (Wildman–Crippen MR) is 76.4 cm³/mol. The molecule has 0 spiro atoms. The Morgan fingerprint density at radius 2 is 1.64 bits per heavy atom. The summed E-state index contributed by atoms with van der Waals surface area (Å²) in [4.78, 5) is 0.